The van der Waals surface area contributed by atoms with Gasteiger partial charge < -0.3 is 0 Å². The van der Waals surface area contributed by atoms with Gasteiger partial charge in [-0.25, -0.2) is 21.2 Å². The van der Waals surface area contributed by atoms with Gasteiger partial charge in [0.1, 0.15) is 10.7 Å². The van der Waals surface area contributed by atoms with E-state index >= 15 is 0 Å². The fourth-order valence-corrected chi connectivity index (χ4v) is 6.01. The lowest BCUT2D eigenvalue weighted by Crippen LogP contribution is -2.37. The van der Waals surface area contributed by atoms with Crippen molar-refractivity contribution in [2.45, 2.75) is 23.1 Å². The van der Waals surface area contributed by atoms with Crippen molar-refractivity contribution >= 4 is 20.0 Å². The Labute approximate surface area is 159 Å². The molecule has 1 aliphatic rings. The van der Waals surface area contributed by atoms with E-state index in [4.69, 9.17) is 0 Å². The molecule has 0 aromatic heterocycles. The fraction of sp³-hybridized carbons (Fsp3) is 0.333. The first-order chi connectivity index (χ1) is 12.7. The second-order valence-electron chi connectivity index (χ2n) is 6.41. The van der Waals surface area contributed by atoms with Crippen molar-refractivity contribution in [3.05, 3.63) is 59.9 Å². The lowest BCUT2D eigenvalue weighted by molar-refractivity contribution is 0.402. The van der Waals surface area contributed by atoms with Gasteiger partial charge in [-0.15, -0.1) is 0 Å². The maximum Gasteiger partial charge on any atom is 0.246 e. The van der Waals surface area contributed by atoms with Gasteiger partial charge in [0.15, 0.2) is 0 Å². The first-order valence-corrected chi connectivity index (χ1v) is 11.4. The van der Waals surface area contributed by atoms with E-state index in [1.807, 2.05) is 6.92 Å². The normalized spacial score (nSPS) is 17.6. The van der Waals surface area contributed by atoms with E-state index in [2.05, 4.69) is 0 Å². The van der Waals surface area contributed by atoms with Gasteiger partial charge in [-0.2, -0.15) is 8.61 Å². The molecular formula is C18H21FN2O4S2. The molecule has 2 aromatic carbocycles. The summed E-state index contributed by atoms with van der Waals surface area (Å²) in [5.41, 5.74) is 0.951. The molecule has 1 heterocycles. The Balaban J connectivity index is 1.81. The average Bonchev–Trinajstić information content (AvgIpc) is 2.89. The number of nitrogens with zero attached hydrogens (tertiary/aromatic N) is 2. The average molecular weight is 413 g/mol. The third-order valence-electron chi connectivity index (χ3n) is 4.53. The van der Waals surface area contributed by atoms with Gasteiger partial charge >= 0.3 is 0 Å². The van der Waals surface area contributed by atoms with E-state index in [-0.39, 0.29) is 36.0 Å². The minimum atomic E-state index is -4.02. The maximum atomic E-state index is 13.9. The smallest absolute Gasteiger partial charge is 0.207 e. The number of benzene rings is 2. The van der Waals surface area contributed by atoms with E-state index < -0.39 is 25.9 Å². The lowest BCUT2D eigenvalue weighted by Gasteiger charge is -2.22. The molecule has 2 aromatic rings. The molecule has 0 radical (unpaired) electrons. The van der Waals surface area contributed by atoms with Crippen LogP contribution >= 0.6 is 0 Å². The van der Waals surface area contributed by atoms with Crippen LogP contribution in [-0.4, -0.2) is 51.6 Å². The highest BCUT2D eigenvalue weighted by molar-refractivity contribution is 7.89. The molecule has 0 unspecified atom stereocenters. The van der Waals surface area contributed by atoms with E-state index in [0.717, 1.165) is 15.9 Å². The molecule has 0 spiro atoms. The van der Waals surface area contributed by atoms with E-state index in [0.29, 0.717) is 6.42 Å². The number of hydrogen-bond donors (Lipinski definition) is 0. The summed E-state index contributed by atoms with van der Waals surface area (Å²) < 4.78 is 67.5. The summed E-state index contributed by atoms with van der Waals surface area (Å²) >= 11 is 0. The Morgan fingerprint density at radius 1 is 0.778 bits per heavy atom. The molecular weight excluding hydrogens is 391 g/mol. The fourth-order valence-electron chi connectivity index (χ4n) is 3.00. The topological polar surface area (TPSA) is 74.8 Å². The van der Waals surface area contributed by atoms with Gasteiger partial charge in [-0.3, -0.25) is 0 Å². The Morgan fingerprint density at radius 3 is 1.93 bits per heavy atom. The second-order valence-corrected chi connectivity index (χ2v) is 10.2. The van der Waals surface area contributed by atoms with Crippen LogP contribution in [0.1, 0.15) is 12.0 Å². The monoisotopic (exact) mass is 412 g/mol. The Morgan fingerprint density at radius 2 is 1.33 bits per heavy atom. The summed E-state index contributed by atoms with van der Waals surface area (Å²) in [6, 6.07) is 11.7. The molecule has 1 fully saturated rings. The first-order valence-electron chi connectivity index (χ1n) is 8.54. The molecule has 1 aliphatic heterocycles. The van der Waals surface area contributed by atoms with Crippen molar-refractivity contribution in [3.63, 3.8) is 0 Å². The summed E-state index contributed by atoms with van der Waals surface area (Å²) in [6.45, 7) is 2.20. The third-order valence-corrected chi connectivity index (χ3v) is 8.37. The summed E-state index contributed by atoms with van der Waals surface area (Å²) in [5, 5.41) is 0. The molecule has 146 valence electrons. The van der Waals surface area contributed by atoms with Crippen LogP contribution in [0, 0.1) is 12.7 Å². The molecule has 3 rings (SSSR count). The van der Waals surface area contributed by atoms with Crippen molar-refractivity contribution < 1.29 is 21.2 Å². The summed E-state index contributed by atoms with van der Waals surface area (Å²) in [7, 11) is -7.72. The second kappa shape index (κ2) is 7.67. The number of sulfonamides is 2. The van der Waals surface area contributed by atoms with E-state index in [1.54, 1.807) is 24.3 Å². The zero-order chi connectivity index (χ0) is 19.7. The van der Waals surface area contributed by atoms with Gasteiger partial charge in [-0.1, -0.05) is 29.8 Å². The van der Waals surface area contributed by atoms with Crippen molar-refractivity contribution in [1.29, 1.82) is 0 Å². The summed E-state index contributed by atoms with van der Waals surface area (Å²) in [4.78, 5) is -0.210. The summed E-state index contributed by atoms with van der Waals surface area (Å²) in [5.74, 6) is -0.814. The van der Waals surface area contributed by atoms with Crippen LogP contribution in [0.2, 0.25) is 0 Å². The highest BCUT2D eigenvalue weighted by atomic mass is 32.2. The zero-order valence-corrected chi connectivity index (χ0v) is 16.5. The standard InChI is InChI=1S/C18H21FN2O4S2/c1-15-7-9-16(10-8-15)26(22,23)20-11-4-12-21(14-13-20)27(24,25)18-6-3-2-5-17(18)19/h2-3,5-10H,4,11-14H2,1H3. The van der Waals surface area contributed by atoms with Crippen molar-refractivity contribution in [1.82, 2.24) is 8.61 Å². The van der Waals surface area contributed by atoms with Crippen LogP contribution in [0.3, 0.4) is 0 Å². The first kappa shape index (κ1) is 19.9. The lowest BCUT2D eigenvalue weighted by atomic mass is 10.2. The van der Waals surface area contributed by atoms with Crippen LogP contribution in [0.4, 0.5) is 4.39 Å². The number of aryl methyl sites for hydroxylation is 1. The van der Waals surface area contributed by atoms with Gasteiger partial charge in [0.05, 0.1) is 4.90 Å². The Hall–Kier alpha value is -1.81. The van der Waals surface area contributed by atoms with E-state index in [1.165, 1.54) is 22.5 Å². The molecule has 0 saturated carbocycles. The Kier molecular flexibility index (Phi) is 5.66. The zero-order valence-electron chi connectivity index (χ0n) is 14.9. The maximum absolute atomic E-state index is 13.9. The highest BCUT2D eigenvalue weighted by Crippen LogP contribution is 2.23. The van der Waals surface area contributed by atoms with Gasteiger partial charge in [0.2, 0.25) is 20.0 Å². The van der Waals surface area contributed by atoms with Crippen LogP contribution < -0.4 is 0 Å². The molecule has 6 nitrogen and oxygen atoms in total. The van der Waals surface area contributed by atoms with Gasteiger partial charge in [0, 0.05) is 26.2 Å². The number of hydrogen-bond acceptors (Lipinski definition) is 4. The van der Waals surface area contributed by atoms with Crippen molar-refractivity contribution in [3.8, 4) is 0 Å². The largest absolute Gasteiger partial charge is 0.246 e. The molecule has 0 amide bonds. The van der Waals surface area contributed by atoms with Crippen molar-refractivity contribution in [2.75, 3.05) is 26.2 Å². The summed E-state index contributed by atoms with van der Waals surface area (Å²) in [6.07, 6.45) is 0.332. The number of halogens is 1. The number of rotatable bonds is 4. The molecule has 9 heteroatoms. The van der Waals surface area contributed by atoms with Crippen molar-refractivity contribution in [2.24, 2.45) is 0 Å². The SMILES string of the molecule is Cc1ccc(S(=O)(=O)N2CCCN(S(=O)(=O)c3ccccc3F)CC2)cc1. The van der Waals surface area contributed by atoms with E-state index in [9.17, 15) is 21.2 Å². The molecule has 1 saturated heterocycles. The molecule has 27 heavy (non-hydrogen) atoms. The predicted molar refractivity (Wildman–Crippen MR) is 99.7 cm³/mol. The molecule has 0 bridgehead atoms. The Bertz CT molecular complexity index is 1020. The molecule has 0 atom stereocenters. The highest BCUT2D eigenvalue weighted by Gasteiger charge is 2.32. The van der Waals surface area contributed by atoms with Crippen LogP contribution in [0.15, 0.2) is 58.3 Å². The van der Waals surface area contributed by atoms with Gasteiger partial charge in [0.25, 0.3) is 0 Å². The van der Waals surface area contributed by atoms with Gasteiger partial charge in [-0.05, 0) is 37.6 Å². The van der Waals surface area contributed by atoms with Crippen LogP contribution in [0.25, 0.3) is 0 Å². The quantitative estimate of drug-likeness (QED) is 0.772. The third kappa shape index (κ3) is 4.06. The minimum absolute atomic E-state index is 0.0178. The van der Waals surface area contributed by atoms with Crippen LogP contribution in [0.5, 0.6) is 0 Å². The molecule has 0 aliphatic carbocycles. The minimum Gasteiger partial charge on any atom is -0.207 e. The predicted octanol–water partition coefficient (Wildman–Crippen LogP) is 2.22. The molecule has 0 N–H and O–H groups in total. The van der Waals surface area contributed by atoms with Crippen LogP contribution in [-0.2, 0) is 20.0 Å².